The maximum atomic E-state index is 12.4. The normalized spacial score (nSPS) is 24.9. The van der Waals surface area contributed by atoms with Gasteiger partial charge >= 0.3 is 5.97 Å². The van der Waals surface area contributed by atoms with Gasteiger partial charge in [-0.3, -0.25) is 4.79 Å². The lowest BCUT2D eigenvalue weighted by molar-refractivity contribution is -0.148. The molecular formula is C14H16N2O3. The SMILES string of the molecule is O=C(O)[C@H]1CCCN1C(=O)C1Cc2ccccc2N1. The smallest absolute Gasteiger partial charge is 0.326 e. The van der Waals surface area contributed by atoms with E-state index in [2.05, 4.69) is 5.32 Å². The second-order valence-corrected chi connectivity index (χ2v) is 5.09. The van der Waals surface area contributed by atoms with Crippen LogP contribution < -0.4 is 5.32 Å². The Balaban J connectivity index is 1.74. The van der Waals surface area contributed by atoms with Crippen molar-refractivity contribution in [3.63, 3.8) is 0 Å². The summed E-state index contributed by atoms with van der Waals surface area (Å²) in [6.45, 7) is 0.546. The number of carbonyl (C=O) groups is 2. The Hall–Kier alpha value is -2.04. The zero-order valence-corrected chi connectivity index (χ0v) is 10.5. The maximum Gasteiger partial charge on any atom is 0.326 e. The molecule has 0 saturated carbocycles. The fraction of sp³-hybridized carbons (Fsp3) is 0.429. The van der Waals surface area contributed by atoms with Crippen molar-refractivity contribution in [3.05, 3.63) is 29.8 Å². The summed E-state index contributed by atoms with van der Waals surface area (Å²) in [5.41, 5.74) is 2.10. The Morgan fingerprint density at radius 3 is 2.84 bits per heavy atom. The summed E-state index contributed by atoms with van der Waals surface area (Å²) >= 11 is 0. The van der Waals surface area contributed by atoms with Crippen LogP contribution in [0, 0.1) is 0 Å². The van der Waals surface area contributed by atoms with Crippen LogP contribution in [0.2, 0.25) is 0 Å². The Labute approximate surface area is 111 Å². The summed E-state index contributed by atoms with van der Waals surface area (Å²) in [5, 5.41) is 12.3. The monoisotopic (exact) mass is 260 g/mol. The van der Waals surface area contributed by atoms with Gasteiger partial charge in [0.05, 0.1) is 0 Å². The number of carbonyl (C=O) groups excluding carboxylic acids is 1. The van der Waals surface area contributed by atoms with Gasteiger partial charge in [0.25, 0.3) is 0 Å². The summed E-state index contributed by atoms with van der Waals surface area (Å²) < 4.78 is 0. The highest BCUT2D eigenvalue weighted by Gasteiger charge is 2.38. The van der Waals surface area contributed by atoms with E-state index in [1.807, 2.05) is 24.3 Å². The fourth-order valence-corrected chi connectivity index (χ4v) is 2.93. The second-order valence-electron chi connectivity index (χ2n) is 5.09. The van der Waals surface area contributed by atoms with E-state index in [1.165, 1.54) is 4.90 Å². The van der Waals surface area contributed by atoms with E-state index < -0.39 is 12.0 Å². The Kier molecular flexibility index (Phi) is 2.89. The molecule has 2 aliphatic heterocycles. The van der Waals surface area contributed by atoms with Gasteiger partial charge in [-0.15, -0.1) is 0 Å². The number of aliphatic carboxylic acids is 1. The molecule has 2 heterocycles. The van der Waals surface area contributed by atoms with Crippen molar-refractivity contribution >= 4 is 17.6 Å². The highest BCUT2D eigenvalue weighted by atomic mass is 16.4. The fourth-order valence-electron chi connectivity index (χ4n) is 2.93. The summed E-state index contributed by atoms with van der Waals surface area (Å²) in [6.07, 6.45) is 1.96. The third-order valence-corrected chi connectivity index (χ3v) is 3.89. The van der Waals surface area contributed by atoms with Gasteiger partial charge in [0.1, 0.15) is 12.1 Å². The predicted molar refractivity (Wildman–Crippen MR) is 69.9 cm³/mol. The molecule has 1 saturated heterocycles. The number of anilines is 1. The first-order valence-electron chi connectivity index (χ1n) is 6.54. The lowest BCUT2D eigenvalue weighted by Gasteiger charge is -2.24. The lowest BCUT2D eigenvalue weighted by atomic mass is 10.1. The van der Waals surface area contributed by atoms with Crippen molar-refractivity contribution in [1.82, 2.24) is 4.90 Å². The quantitative estimate of drug-likeness (QED) is 0.835. The number of hydrogen-bond donors (Lipinski definition) is 2. The van der Waals surface area contributed by atoms with E-state index in [0.29, 0.717) is 19.4 Å². The molecule has 19 heavy (non-hydrogen) atoms. The largest absolute Gasteiger partial charge is 0.480 e. The van der Waals surface area contributed by atoms with Crippen LogP contribution in [0.25, 0.3) is 0 Å². The van der Waals surface area contributed by atoms with Crippen LogP contribution in [0.1, 0.15) is 18.4 Å². The molecule has 2 atom stereocenters. The second kappa shape index (κ2) is 4.57. The van der Waals surface area contributed by atoms with Crippen LogP contribution in [0.4, 0.5) is 5.69 Å². The van der Waals surface area contributed by atoms with Gasteiger partial charge in [0.15, 0.2) is 0 Å². The zero-order valence-electron chi connectivity index (χ0n) is 10.5. The lowest BCUT2D eigenvalue weighted by Crippen LogP contribution is -2.47. The third kappa shape index (κ3) is 2.05. The molecule has 1 amide bonds. The number of fused-ring (bicyclic) bond motifs is 1. The predicted octanol–water partition coefficient (Wildman–Crippen LogP) is 1.10. The van der Waals surface area contributed by atoms with Gasteiger partial charge in [0, 0.05) is 18.7 Å². The van der Waals surface area contributed by atoms with Crippen molar-refractivity contribution < 1.29 is 14.7 Å². The Morgan fingerprint density at radius 2 is 2.11 bits per heavy atom. The molecule has 5 heteroatoms. The van der Waals surface area contributed by atoms with Gasteiger partial charge in [-0.05, 0) is 24.5 Å². The number of amides is 1. The van der Waals surface area contributed by atoms with Gasteiger partial charge in [0.2, 0.25) is 5.91 Å². The molecule has 0 radical (unpaired) electrons. The van der Waals surface area contributed by atoms with Crippen LogP contribution in [0.3, 0.4) is 0 Å². The Bertz CT molecular complexity index is 504. The first-order valence-corrected chi connectivity index (χ1v) is 6.54. The van der Waals surface area contributed by atoms with E-state index >= 15 is 0 Å². The van der Waals surface area contributed by atoms with Gasteiger partial charge in [-0.2, -0.15) is 0 Å². The topological polar surface area (TPSA) is 69.6 Å². The highest BCUT2D eigenvalue weighted by Crippen LogP contribution is 2.28. The first-order chi connectivity index (χ1) is 9.16. The molecule has 2 N–H and O–H groups in total. The first kappa shape index (κ1) is 12.0. The molecule has 0 bridgehead atoms. The molecule has 0 aromatic heterocycles. The molecule has 1 aromatic carbocycles. The minimum atomic E-state index is -0.902. The van der Waals surface area contributed by atoms with Crippen LogP contribution in [0.15, 0.2) is 24.3 Å². The van der Waals surface area contributed by atoms with Crippen molar-refractivity contribution in [2.75, 3.05) is 11.9 Å². The molecule has 3 rings (SSSR count). The number of hydrogen-bond acceptors (Lipinski definition) is 3. The van der Waals surface area contributed by atoms with Crippen LogP contribution in [-0.4, -0.2) is 40.5 Å². The van der Waals surface area contributed by atoms with E-state index in [1.54, 1.807) is 0 Å². The highest BCUT2D eigenvalue weighted by molar-refractivity contribution is 5.91. The maximum absolute atomic E-state index is 12.4. The molecule has 100 valence electrons. The standard InChI is InChI=1S/C14H16N2O3/c17-13(16-7-3-6-12(16)14(18)19)11-8-9-4-1-2-5-10(9)15-11/h1-2,4-5,11-12,15H,3,6-8H2,(H,18,19)/t11?,12-/m1/s1. The summed E-state index contributed by atoms with van der Waals surface area (Å²) in [6, 6.07) is 6.84. The number of rotatable bonds is 2. The number of likely N-dealkylation sites (tertiary alicyclic amines) is 1. The number of nitrogens with one attached hydrogen (secondary N) is 1. The van der Waals surface area contributed by atoms with Crippen molar-refractivity contribution in [3.8, 4) is 0 Å². The summed E-state index contributed by atoms with van der Waals surface area (Å²) in [4.78, 5) is 25.1. The molecular weight excluding hydrogens is 244 g/mol. The molecule has 1 unspecified atom stereocenters. The Morgan fingerprint density at radius 1 is 1.32 bits per heavy atom. The van der Waals surface area contributed by atoms with E-state index in [4.69, 9.17) is 5.11 Å². The van der Waals surface area contributed by atoms with Crippen LogP contribution >= 0.6 is 0 Å². The average Bonchev–Trinajstić information content (AvgIpc) is 3.04. The minimum absolute atomic E-state index is 0.0962. The summed E-state index contributed by atoms with van der Waals surface area (Å²) in [5.74, 6) is -0.998. The minimum Gasteiger partial charge on any atom is -0.480 e. The number of carboxylic acid groups (broad SMARTS) is 1. The van der Waals surface area contributed by atoms with E-state index in [9.17, 15) is 9.59 Å². The van der Waals surface area contributed by atoms with E-state index in [-0.39, 0.29) is 11.9 Å². The molecule has 5 nitrogen and oxygen atoms in total. The molecule has 1 aromatic rings. The number of nitrogens with zero attached hydrogens (tertiary/aromatic N) is 1. The van der Waals surface area contributed by atoms with Crippen molar-refractivity contribution in [1.29, 1.82) is 0 Å². The van der Waals surface area contributed by atoms with Gasteiger partial charge in [-0.1, -0.05) is 18.2 Å². The van der Waals surface area contributed by atoms with Crippen molar-refractivity contribution in [2.45, 2.75) is 31.3 Å². The molecule has 1 fully saturated rings. The summed E-state index contributed by atoms with van der Waals surface area (Å²) in [7, 11) is 0. The number of carboxylic acids is 1. The van der Waals surface area contributed by atoms with Gasteiger partial charge < -0.3 is 15.3 Å². The van der Waals surface area contributed by atoms with Crippen LogP contribution in [-0.2, 0) is 16.0 Å². The zero-order chi connectivity index (χ0) is 13.4. The van der Waals surface area contributed by atoms with Crippen molar-refractivity contribution in [2.24, 2.45) is 0 Å². The molecule has 0 aliphatic carbocycles. The third-order valence-electron chi connectivity index (χ3n) is 3.89. The molecule has 0 spiro atoms. The number of para-hydroxylation sites is 1. The molecule has 2 aliphatic rings. The van der Waals surface area contributed by atoms with Gasteiger partial charge in [-0.25, -0.2) is 4.79 Å². The van der Waals surface area contributed by atoms with E-state index in [0.717, 1.165) is 17.7 Å². The number of benzene rings is 1. The van der Waals surface area contributed by atoms with Crippen LogP contribution in [0.5, 0.6) is 0 Å². The average molecular weight is 260 g/mol.